The lowest BCUT2D eigenvalue weighted by Gasteiger charge is -2.64. The molecule has 140 valence electrons. The molecule has 0 unspecified atom stereocenters. The molecule has 1 aliphatic heterocycles. The highest BCUT2D eigenvalue weighted by Crippen LogP contribution is 2.65. The van der Waals surface area contributed by atoms with Crippen molar-refractivity contribution in [1.29, 1.82) is 10.5 Å². The zero-order valence-electron chi connectivity index (χ0n) is 15.5. The van der Waals surface area contributed by atoms with E-state index in [0.717, 1.165) is 5.56 Å². The van der Waals surface area contributed by atoms with Gasteiger partial charge in [0.15, 0.2) is 0 Å². The SMILES string of the molecule is CC(C)c1ccc(C2=CC(=C(C#N)C#N)C=C(c3ccccc3)S2([O-])[O-])cc1. The Labute approximate surface area is 166 Å². The van der Waals surface area contributed by atoms with Crippen LogP contribution in [0.15, 0.2) is 77.9 Å². The molecular weight excluding hydrogens is 368 g/mol. The highest BCUT2D eigenvalue weighted by atomic mass is 32.3. The van der Waals surface area contributed by atoms with Crippen molar-refractivity contribution in [2.45, 2.75) is 19.8 Å². The minimum Gasteiger partial charge on any atom is -0.792 e. The largest absolute Gasteiger partial charge is 0.792 e. The van der Waals surface area contributed by atoms with Gasteiger partial charge in [-0.1, -0.05) is 68.4 Å². The first kappa shape index (κ1) is 19.7. The molecule has 0 atom stereocenters. The van der Waals surface area contributed by atoms with E-state index in [0.29, 0.717) is 22.6 Å². The molecule has 0 saturated heterocycles. The lowest BCUT2D eigenvalue weighted by Crippen LogP contribution is -2.09. The molecular formula is C23H18N2O2S-2. The molecule has 1 heterocycles. The van der Waals surface area contributed by atoms with E-state index >= 15 is 0 Å². The Hall–Kier alpha value is -3.09. The van der Waals surface area contributed by atoms with Crippen LogP contribution >= 0.6 is 10.6 Å². The molecule has 0 radical (unpaired) electrons. The second-order valence-corrected chi connectivity index (χ2v) is 8.60. The number of allylic oxidation sites excluding steroid dienone is 4. The molecule has 0 fully saturated rings. The van der Waals surface area contributed by atoms with Crippen molar-refractivity contribution in [2.75, 3.05) is 0 Å². The smallest absolute Gasteiger partial charge is 0.137 e. The van der Waals surface area contributed by atoms with E-state index < -0.39 is 10.6 Å². The van der Waals surface area contributed by atoms with E-state index in [4.69, 9.17) is 0 Å². The Balaban J connectivity index is 2.22. The zero-order valence-corrected chi connectivity index (χ0v) is 16.4. The van der Waals surface area contributed by atoms with Crippen LogP contribution in [0.3, 0.4) is 0 Å². The van der Waals surface area contributed by atoms with Crippen molar-refractivity contribution in [3.05, 3.63) is 94.6 Å². The van der Waals surface area contributed by atoms with E-state index in [2.05, 4.69) is 13.8 Å². The molecule has 0 bridgehead atoms. The van der Waals surface area contributed by atoms with Crippen LogP contribution in [0, 0.1) is 22.7 Å². The monoisotopic (exact) mass is 386 g/mol. The summed E-state index contributed by atoms with van der Waals surface area (Å²) in [5, 5.41) is 18.6. The lowest BCUT2D eigenvalue weighted by molar-refractivity contribution is 0.471. The fourth-order valence-corrected chi connectivity index (χ4v) is 4.70. The normalized spacial score (nSPS) is 16.5. The number of benzene rings is 2. The zero-order chi connectivity index (χ0) is 20.3. The third-order valence-electron chi connectivity index (χ3n) is 4.58. The van der Waals surface area contributed by atoms with Crippen LogP contribution in [0.5, 0.6) is 0 Å². The summed E-state index contributed by atoms with van der Waals surface area (Å²) in [5.74, 6) is 0.324. The minimum absolute atomic E-state index is 0.0801. The summed E-state index contributed by atoms with van der Waals surface area (Å²) in [6, 6.07) is 19.7. The van der Waals surface area contributed by atoms with Gasteiger partial charge in [0.25, 0.3) is 0 Å². The molecule has 0 spiro atoms. The Morgan fingerprint density at radius 3 is 1.79 bits per heavy atom. The van der Waals surface area contributed by atoms with Crippen LogP contribution in [0.1, 0.15) is 36.5 Å². The van der Waals surface area contributed by atoms with E-state index in [1.54, 1.807) is 42.5 Å². The maximum Gasteiger partial charge on any atom is 0.137 e. The van der Waals surface area contributed by atoms with Gasteiger partial charge in [-0.05, 0) is 34.8 Å². The molecule has 2 aromatic rings. The van der Waals surface area contributed by atoms with Crippen molar-refractivity contribution in [2.24, 2.45) is 0 Å². The van der Waals surface area contributed by atoms with Crippen LogP contribution in [0.2, 0.25) is 0 Å². The fraction of sp³-hybridized carbons (Fsp3) is 0.130. The number of sulfone groups is 1. The molecule has 28 heavy (non-hydrogen) atoms. The maximum atomic E-state index is 13.4. The third kappa shape index (κ3) is 3.65. The van der Waals surface area contributed by atoms with Gasteiger partial charge >= 0.3 is 0 Å². The van der Waals surface area contributed by atoms with Gasteiger partial charge in [0, 0.05) is 15.4 Å². The van der Waals surface area contributed by atoms with Crippen LogP contribution in [0.25, 0.3) is 9.81 Å². The Morgan fingerprint density at radius 2 is 1.32 bits per heavy atom. The fourth-order valence-electron chi connectivity index (χ4n) is 3.01. The molecule has 1 aliphatic rings. The number of nitrogens with zero attached hydrogens (tertiary/aromatic N) is 2. The summed E-state index contributed by atoms with van der Waals surface area (Å²) in [6.45, 7) is 4.13. The summed E-state index contributed by atoms with van der Waals surface area (Å²) in [7, 11) is -3.82. The van der Waals surface area contributed by atoms with Crippen molar-refractivity contribution < 1.29 is 9.11 Å². The molecule has 0 amide bonds. The molecule has 0 N–H and O–H groups in total. The van der Waals surface area contributed by atoms with E-state index in [1.807, 2.05) is 24.3 Å². The van der Waals surface area contributed by atoms with Gasteiger partial charge < -0.3 is 19.7 Å². The van der Waals surface area contributed by atoms with E-state index in [1.165, 1.54) is 12.2 Å². The van der Waals surface area contributed by atoms with Crippen LogP contribution < -0.4 is 0 Å². The van der Waals surface area contributed by atoms with Gasteiger partial charge in [0.1, 0.15) is 17.7 Å². The first-order chi connectivity index (χ1) is 13.4. The predicted molar refractivity (Wildman–Crippen MR) is 110 cm³/mol. The molecule has 3 rings (SSSR count). The van der Waals surface area contributed by atoms with Gasteiger partial charge in [-0.2, -0.15) is 10.5 Å². The first-order valence-electron chi connectivity index (χ1n) is 8.77. The molecule has 4 nitrogen and oxygen atoms in total. The topological polar surface area (TPSA) is 93.7 Å². The summed E-state index contributed by atoms with van der Waals surface area (Å²) >= 11 is 0. The minimum atomic E-state index is -3.82. The summed E-state index contributed by atoms with van der Waals surface area (Å²) in [4.78, 5) is 0.165. The number of hydrogen-bond donors (Lipinski definition) is 0. The van der Waals surface area contributed by atoms with Crippen LogP contribution in [-0.4, -0.2) is 9.11 Å². The Kier molecular flexibility index (Phi) is 5.53. The molecule has 0 aliphatic carbocycles. The summed E-state index contributed by atoms with van der Waals surface area (Å²) < 4.78 is 26.7. The Bertz CT molecular complexity index is 1050. The molecule has 0 saturated carbocycles. The Morgan fingerprint density at radius 1 is 0.821 bits per heavy atom. The molecule has 0 aromatic heterocycles. The van der Waals surface area contributed by atoms with Gasteiger partial charge in [0.2, 0.25) is 0 Å². The van der Waals surface area contributed by atoms with Gasteiger partial charge in [-0.25, -0.2) is 0 Å². The van der Waals surface area contributed by atoms with Gasteiger partial charge in [0.05, 0.1) is 0 Å². The lowest BCUT2D eigenvalue weighted by atomic mass is 10.0. The van der Waals surface area contributed by atoms with E-state index in [-0.39, 0.29) is 15.4 Å². The van der Waals surface area contributed by atoms with Gasteiger partial charge in [-0.3, -0.25) is 0 Å². The standard InChI is InChI=1S/C23H20N2O2S/c1-16(2)17-8-10-19(11-9-17)23-13-20(21(14-24)15-25)12-22(28(23,26)27)18-6-4-3-5-7-18/h3-13,16,26-27H,1-2H3/p-2. The quantitative estimate of drug-likeness (QED) is 0.640. The first-order valence-corrected chi connectivity index (χ1v) is 10.3. The summed E-state index contributed by atoms with van der Waals surface area (Å²) in [5.41, 5.74) is 2.31. The summed E-state index contributed by atoms with van der Waals surface area (Å²) in [6.07, 6.45) is 2.81. The maximum absolute atomic E-state index is 13.4. The second-order valence-electron chi connectivity index (χ2n) is 6.72. The predicted octanol–water partition coefficient (Wildman–Crippen LogP) is 5.61. The second kappa shape index (κ2) is 7.88. The van der Waals surface area contributed by atoms with Crippen LogP contribution in [-0.2, 0) is 0 Å². The average Bonchev–Trinajstić information content (AvgIpc) is 2.70. The number of rotatable bonds is 3. The van der Waals surface area contributed by atoms with Crippen molar-refractivity contribution in [3.63, 3.8) is 0 Å². The van der Waals surface area contributed by atoms with Crippen molar-refractivity contribution >= 4 is 20.4 Å². The van der Waals surface area contributed by atoms with Crippen molar-refractivity contribution in [1.82, 2.24) is 0 Å². The number of hydrogen-bond acceptors (Lipinski definition) is 4. The van der Waals surface area contributed by atoms with Crippen LogP contribution in [0.4, 0.5) is 0 Å². The molecule has 2 aromatic carbocycles. The third-order valence-corrected chi connectivity index (χ3v) is 6.45. The highest BCUT2D eigenvalue weighted by Gasteiger charge is 2.20. The van der Waals surface area contributed by atoms with Crippen molar-refractivity contribution in [3.8, 4) is 12.1 Å². The molecule has 5 heteroatoms. The number of nitriles is 2. The van der Waals surface area contributed by atoms with Gasteiger partial charge in [-0.15, -0.1) is 0 Å². The average molecular weight is 386 g/mol. The van der Waals surface area contributed by atoms with E-state index in [9.17, 15) is 19.6 Å². The highest BCUT2D eigenvalue weighted by molar-refractivity contribution is 8.39.